The second kappa shape index (κ2) is 13.8. The molecule has 0 atom stereocenters. The molecule has 3 aromatic rings. The summed E-state index contributed by atoms with van der Waals surface area (Å²) < 4.78 is 227. The summed E-state index contributed by atoms with van der Waals surface area (Å²) in [7, 11) is 0. The summed E-state index contributed by atoms with van der Waals surface area (Å²) in [6.07, 6.45) is -6.44. The Morgan fingerprint density at radius 1 is 0.391 bits per heavy atom. The third kappa shape index (κ3) is 5.71. The number of nitrogens with zero attached hydrogens (tertiary/aromatic N) is 1. The second-order valence-electron chi connectivity index (χ2n) is 10.3. The van der Waals surface area contributed by atoms with Crippen molar-refractivity contribution < 1.29 is 75.0 Å². The third-order valence-electron chi connectivity index (χ3n) is 8.36. The number of quaternary nitrogens is 1. The summed E-state index contributed by atoms with van der Waals surface area (Å²) >= 11 is 0. The van der Waals surface area contributed by atoms with Crippen LogP contribution in [-0.2, 0) is 4.65 Å². The lowest BCUT2D eigenvalue weighted by molar-refractivity contribution is -0.923. The van der Waals surface area contributed by atoms with E-state index in [-0.39, 0.29) is 13.0 Å². The van der Waals surface area contributed by atoms with Gasteiger partial charge in [-0.2, -0.15) is 0 Å². The first-order valence-corrected chi connectivity index (χ1v) is 13.6. The van der Waals surface area contributed by atoms with E-state index >= 15 is 26.3 Å². The minimum Gasteiger partial charge on any atom is -0.579 e. The zero-order valence-electron chi connectivity index (χ0n) is 24.1. The van der Waals surface area contributed by atoms with Crippen LogP contribution >= 0.6 is 0 Å². The SMILES string of the molecule is CC[N+](CC)(CC)CCCCO[B-](c1c(F)c(F)c(F)c(F)c1F)(c1c(F)c(F)c(F)c(F)c1F)c1c(F)c(F)c(F)c(F)c1F. The molecule has 46 heavy (non-hydrogen) atoms. The summed E-state index contributed by atoms with van der Waals surface area (Å²) in [5.41, 5.74) is -8.32. The zero-order valence-corrected chi connectivity index (χ0v) is 24.1. The highest BCUT2D eigenvalue weighted by Gasteiger charge is 2.49. The molecule has 0 heterocycles. The summed E-state index contributed by atoms with van der Waals surface area (Å²) in [4.78, 5) is 0. The standard InChI is InChI=1S/C28H23BF15NO/c1-4-45(5-2,6-3)9-7-8-10-46-29(11-14(30)20(36)26(42)21(37)15(11)31,12-16(32)22(38)27(43)23(39)17(12)33)13-18(34)24(40)28(44)25(41)19(13)35/h4-10H2,1-3H3. The van der Waals surface area contributed by atoms with Crippen molar-refractivity contribution in [3.05, 3.63) is 87.3 Å². The summed E-state index contributed by atoms with van der Waals surface area (Å²) in [6, 6.07) is 0. The van der Waals surface area contributed by atoms with Crippen LogP contribution in [0, 0.1) is 87.3 Å². The number of halogens is 15. The fourth-order valence-electron chi connectivity index (χ4n) is 5.57. The lowest BCUT2D eigenvalue weighted by Gasteiger charge is -2.44. The van der Waals surface area contributed by atoms with E-state index in [1.54, 1.807) is 20.8 Å². The normalized spacial score (nSPS) is 12.4. The van der Waals surface area contributed by atoms with E-state index < -0.39 is 123 Å². The molecule has 0 spiro atoms. The molecule has 0 bridgehead atoms. The summed E-state index contributed by atoms with van der Waals surface area (Å²) in [5.74, 6) is -45.9. The molecule has 3 aromatic carbocycles. The first-order valence-electron chi connectivity index (χ1n) is 13.6. The minimum absolute atomic E-state index is 0.00695. The number of benzene rings is 3. The molecule has 0 saturated heterocycles. The molecule has 2 nitrogen and oxygen atoms in total. The van der Waals surface area contributed by atoms with Crippen molar-refractivity contribution in [1.82, 2.24) is 0 Å². The van der Waals surface area contributed by atoms with E-state index in [0.29, 0.717) is 24.1 Å². The van der Waals surface area contributed by atoms with E-state index in [2.05, 4.69) is 0 Å². The number of hydrogen-bond acceptors (Lipinski definition) is 1. The lowest BCUT2D eigenvalue weighted by Crippen LogP contribution is -2.75. The molecule has 0 amide bonds. The van der Waals surface area contributed by atoms with E-state index in [0.717, 1.165) is 0 Å². The molecule has 0 saturated carbocycles. The van der Waals surface area contributed by atoms with Crippen molar-refractivity contribution in [2.45, 2.75) is 33.6 Å². The van der Waals surface area contributed by atoms with Crippen LogP contribution in [0.25, 0.3) is 0 Å². The predicted molar refractivity (Wildman–Crippen MR) is 135 cm³/mol. The van der Waals surface area contributed by atoms with Gasteiger partial charge in [-0.3, -0.25) is 0 Å². The molecule has 0 radical (unpaired) electrons. The molecular formula is C28H23BF15NO. The van der Waals surface area contributed by atoms with Crippen molar-refractivity contribution in [3.8, 4) is 0 Å². The molecule has 0 aliphatic carbocycles. The van der Waals surface area contributed by atoms with Crippen LogP contribution in [0.4, 0.5) is 65.9 Å². The van der Waals surface area contributed by atoms with Crippen LogP contribution in [0.1, 0.15) is 33.6 Å². The number of rotatable bonds is 12. The fraction of sp³-hybridized carbons (Fsp3) is 0.357. The molecule has 3 rings (SSSR count). The van der Waals surface area contributed by atoms with E-state index in [1.165, 1.54) is 0 Å². The Balaban J connectivity index is 2.58. The van der Waals surface area contributed by atoms with Gasteiger partial charge >= 0.3 is 0 Å². The Hall–Kier alpha value is -3.41. The van der Waals surface area contributed by atoms with Crippen molar-refractivity contribution in [2.75, 3.05) is 32.8 Å². The Morgan fingerprint density at radius 3 is 0.870 bits per heavy atom. The van der Waals surface area contributed by atoms with Gasteiger partial charge in [0, 0.05) is 6.61 Å². The zero-order chi connectivity index (χ0) is 35.0. The van der Waals surface area contributed by atoms with E-state index in [1.807, 2.05) is 0 Å². The quantitative estimate of drug-likeness (QED) is 0.0535. The van der Waals surface area contributed by atoms with Crippen LogP contribution in [0.3, 0.4) is 0 Å². The molecule has 0 aromatic heterocycles. The van der Waals surface area contributed by atoms with Crippen LogP contribution in [-0.4, -0.2) is 43.6 Å². The molecule has 0 N–H and O–H groups in total. The van der Waals surface area contributed by atoms with Gasteiger partial charge in [0.1, 0.15) is 34.9 Å². The molecule has 0 aliphatic rings. The number of unbranched alkanes of at least 4 members (excludes halogenated alkanes) is 1. The van der Waals surface area contributed by atoms with Gasteiger partial charge in [-0.15, -0.1) is 0 Å². The maximum absolute atomic E-state index is 15.4. The Kier molecular flexibility index (Phi) is 11.1. The van der Waals surface area contributed by atoms with Crippen molar-refractivity contribution in [3.63, 3.8) is 0 Å². The Labute approximate surface area is 251 Å². The van der Waals surface area contributed by atoms with E-state index in [4.69, 9.17) is 4.65 Å². The highest BCUT2D eigenvalue weighted by Crippen LogP contribution is 2.29. The third-order valence-corrected chi connectivity index (χ3v) is 8.36. The van der Waals surface area contributed by atoms with Crippen molar-refractivity contribution in [2.24, 2.45) is 0 Å². The van der Waals surface area contributed by atoms with Gasteiger partial charge < -0.3 is 9.14 Å². The summed E-state index contributed by atoms with van der Waals surface area (Å²) in [5, 5.41) is 0. The monoisotopic (exact) mass is 685 g/mol. The van der Waals surface area contributed by atoms with Crippen LogP contribution < -0.4 is 16.4 Å². The molecule has 0 fully saturated rings. The smallest absolute Gasteiger partial charge is 0.216 e. The van der Waals surface area contributed by atoms with Crippen LogP contribution in [0.5, 0.6) is 0 Å². The Bertz CT molecular complexity index is 1400. The van der Waals surface area contributed by atoms with Gasteiger partial charge in [0.15, 0.2) is 52.4 Å². The van der Waals surface area contributed by atoms with Crippen LogP contribution in [0.2, 0.25) is 0 Å². The maximum atomic E-state index is 15.4. The van der Waals surface area contributed by atoms with Crippen LogP contribution in [0.15, 0.2) is 0 Å². The highest BCUT2D eigenvalue weighted by atomic mass is 19.2. The molecular weight excluding hydrogens is 662 g/mol. The van der Waals surface area contributed by atoms with Gasteiger partial charge in [-0.1, -0.05) is 16.4 Å². The molecule has 0 aliphatic heterocycles. The van der Waals surface area contributed by atoms with Gasteiger partial charge in [0.25, 0.3) is 0 Å². The number of hydrogen-bond donors (Lipinski definition) is 0. The van der Waals surface area contributed by atoms with E-state index in [9.17, 15) is 39.5 Å². The van der Waals surface area contributed by atoms with Crippen molar-refractivity contribution >= 4 is 22.7 Å². The highest BCUT2D eigenvalue weighted by molar-refractivity contribution is 7.07. The first kappa shape index (κ1) is 37.1. The predicted octanol–water partition coefficient (Wildman–Crippen LogP) is 6.41. The van der Waals surface area contributed by atoms with Crippen molar-refractivity contribution in [1.29, 1.82) is 0 Å². The lowest BCUT2D eigenvalue weighted by atomic mass is 9.27. The average Bonchev–Trinajstić information content (AvgIpc) is 3.04. The Morgan fingerprint density at radius 2 is 0.630 bits per heavy atom. The van der Waals surface area contributed by atoms with Gasteiger partial charge in [-0.05, 0) is 33.6 Å². The summed E-state index contributed by atoms with van der Waals surface area (Å²) in [6.45, 7) is 6.02. The van der Waals surface area contributed by atoms with Gasteiger partial charge in [-0.25, -0.2) is 65.9 Å². The molecule has 18 heteroatoms. The average molecular weight is 685 g/mol. The minimum atomic E-state index is -5.98. The van der Waals surface area contributed by atoms with Gasteiger partial charge in [0.05, 0.1) is 26.2 Å². The molecule has 0 unspecified atom stereocenters. The molecule has 254 valence electrons. The van der Waals surface area contributed by atoms with Gasteiger partial charge in [0.2, 0.25) is 6.35 Å². The first-order chi connectivity index (χ1) is 21.4. The fourth-order valence-corrected chi connectivity index (χ4v) is 5.57. The topological polar surface area (TPSA) is 9.23 Å². The maximum Gasteiger partial charge on any atom is 0.216 e. The largest absolute Gasteiger partial charge is 0.579 e. The second-order valence-corrected chi connectivity index (χ2v) is 10.3.